The SMILES string of the molecule is CN=C(NCc1ccc(OC)cc1)NCC(c1ccccc1)N1CCOCC1.I. The Labute approximate surface area is 190 Å². The third-order valence-electron chi connectivity index (χ3n) is 4.98. The smallest absolute Gasteiger partial charge is 0.191 e. The Morgan fingerprint density at radius 1 is 1.07 bits per heavy atom. The highest BCUT2D eigenvalue weighted by molar-refractivity contribution is 14.0. The molecular formula is C22H31IN4O2. The van der Waals surface area contributed by atoms with E-state index in [0.717, 1.165) is 44.6 Å². The standard InChI is InChI=1S/C22H30N4O2.HI/c1-23-22(24-16-18-8-10-20(27-2)11-9-18)25-17-21(19-6-4-3-5-7-19)26-12-14-28-15-13-26;/h3-11,21H,12-17H2,1-2H3,(H2,23,24,25);1H. The monoisotopic (exact) mass is 510 g/mol. The molecular weight excluding hydrogens is 479 g/mol. The van der Waals surface area contributed by atoms with Crippen molar-refractivity contribution in [2.45, 2.75) is 12.6 Å². The van der Waals surface area contributed by atoms with Gasteiger partial charge in [-0.15, -0.1) is 24.0 Å². The number of benzene rings is 2. The fourth-order valence-electron chi connectivity index (χ4n) is 3.37. The van der Waals surface area contributed by atoms with Gasteiger partial charge < -0.3 is 20.1 Å². The molecule has 0 radical (unpaired) electrons. The zero-order chi connectivity index (χ0) is 19.6. The molecule has 0 saturated carbocycles. The van der Waals surface area contributed by atoms with Gasteiger partial charge >= 0.3 is 0 Å². The molecule has 6 nitrogen and oxygen atoms in total. The van der Waals surface area contributed by atoms with Crippen LogP contribution in [0.15, 0.2) is 59.6 Å². The molecule has 1 unspecified atom stereocenters. The molecule has 0 aliphatic carbocycles. The Bertz CT molecular complexity index is 734. The predicted molar refractivity (Wildman–Crippen MR) is 128 cm³/mol. The number of hydrogen-bond donors (Lipinski definition) is 2. The summed E-state index contributed by atoms with van der Waals surface area (Å²) >= 11 is 0. The predicted octanol–water partition coefficient (Wildman–Crippen LogP) is 3.05. The van der Waals surface area contributed by atoms with E-state index in [1.807, 2.05) is 12.1 Å². The molecule has 1 saturated heterocycles. The van der Waals surface area contributed by atoms with Crippen LogP contribution in [-0.4, -0.2) is 57.9 Å². The molecule has 0 bridgehead atoms. The molecule has 29 heavy (non-hydrogen) atoms. The van der Waals surface area contributed by atoms with Gasteiger partial charge in [-0.3, -0.25) is 9.89 Å². The number of methoxy groups -OCH3 is 1. The maximum atomic E-state index is 5.53. The van der Waals surface area contributed by atoms with Crippen LogP contribution in [0, 0.1) is 0 Å². The number of aliphatic imine (C=N–C) groups is 1. The van der Waals surface area contributed by atoms with Crippen molar-refractivity contribution in [3.05, 3.63) is 65.7 Å². The molecule has 1 atom stereocenters. The summed E-state index contributed by atoms with van der Waals surface area (Å²) in [5.41, 5.74) is 2.49. The topological polar surface area (TPSA) is 58.1 Å². The first-order chi connectivity index (χ1) is 13.8. The lowest BCUT2D eigenvalue weighted by atomic mass is 10.0. The van der Waals surface area contributed by atoms with Crippen molar-refractivity contribution in [3.63, 3.8) is 0 Å². The molecule has 2 N–H and O–H groups in total. The summed E-state index contributed by atoms with van der Waals surface area (Å²) in [7, 11) is 3.48. The average molecular weight is 510 g/mol. The number of halogens is 1. The summed E-state index contributed by atoms with van der Waals surface area (Å²) in [5.74, 6) is 1.66. The zero-order valence-corrected chi connectivity index (χ0v) is 19.5. The van der Waals surface area contributed by atoms with Crippen molar-refractivity contribution in [2.24, 2.45) is 4.99 Å². The van der Waals surface area contributed by atoms with Gasteiger partial charge in [0.25, 0.3) is 0 Å². The summed E-state index contributed by atoms with van der Waals surface area (Å²) in [6.45, 7) is 4.95. The third kappa shape index (κ3) is 7.17. The number of guanidine groups is 1. The van der Waals surface area contributed by atoms with Crippen LogP contribution in [0.2, 0.25) is 0 Å². The first kappa shape index (κ1) is 23.4. The van der Waals surface area contributed by atoms with Crippen molar-refractivity contribution in [3.8, 4) is 5.75 Å². The highest BCUT2D eigenvalue weighted by Crippen LogP contribution is 2.21. The molecule has 158 valence electrons. The maximum Gasteiger partial charge on any atom is 0.191 e. The second-order valence-corrected chi connectivity index (χ2v) is 6.73. The van der Waals surface area contributed by atoms with Crippen molar-refractivity contribution in [1.82, 2.24) is 15.5 Å². The van der Waals surface area contributed by atoms with Gasteiger partial charge in [0.1, 0.15) is 5.75 Å². The zero-order valence-electron chi connectivity index (χ0n) is 17.1. The van der Waals surface area contributed by atoms with Crippen molar-refractivity contribution in [2.75, 3.05) is 47.0 Å². The number of ether oxygens (including phenoxy) is 2. The summed E-state index contributed by atoms with van der Waals surface area (Å²) < 4.78 is 10.7. The van der Waals surface area contributed by atoms with E-state index >= 15 is 0 Å². The van der Waals surface area contributed by atoms with Crippen molar-refractivity contribution >= 4 is 29.9 Å². The molecule has 1 fully saturated rings. The fraction of sp³-hybridized carbons (Fsp3) is 0.409. The first-order valence-electron chi connectivity index (χ1n) is 9.74. The summed E-state index contributed by atoms with van der Waals surface area (Å²) in [6.07, 6.45) is 0. The van der Waals surface area contributed by atoms with E-state index in [9.17, 15) is 0 Å². The number of nitrogens with one attached hydrogen (secondary N) is 2. The van der Waals surface area contributed by atoms with Crippen molar-refractivity contribution < 1.29 is 9.47 Å². The van der Waals surface area contributed by atoms with Gasteiger partial charge in [-0.25, -0.2) is 0 Å². The summed E-state index contributed by atoms with van der Waals surface area (Å²) in [4.78, 5) is 6.85. The molecule has 0 amide bonds. The van der Waals surface area contributed by atoms with Gasteiger partial charge in [0, 0.05) is 33.2 Å². The van der Waals surface area contributed by atoms with Gasteiger partial charge in [0.05, 0.1) is 26.4 Å². The van der Waals surface area contributed by atoms with Crippen LogP contribution in [0.4, 0.5) is 0 Å². The second kappa shape index (κ2) is 12.7. The van der Waals surface area contributed by atoms with Crippen LogP contribution in [0.25, 0.3) is 0 Å². The molecule has 2 aromatic rings. The lowest BCUT2D eigenvalue weighted by molar-refractivity contribution is 0.0170. The molecule has 3 rings (SSSR count). The minimum atomic E-state index is 0. The molecule has 7 heteroatoms. The molecule has 1 aliphatic rings. The number of hydrogen-bond acceptors (Lipinski definition) is 4. The summed E-state index contributed by atoms with van der Waals surface area (Å²) in [6, 6.07) is 19.0. The minimum Gasteiger partial charge on any atom is -0.497 e. The van der Waals surface area contributed by atoms with E-state index in [2.05, 4.69) is 63.0 Å². The van der Waals surface area contributed by atoms with Gasteiger partial charge in [-0.1, -0.05) is 42.5 Å². The van der Waals surface area contributed by atoms with Gasteiger partial charge in [0.15, 0.2) is 5.96 Å². The van der Waals surface area contributed by atoms with E-state index < -0.39 is 0 Å². The van der Waals surface area contributed by atoms with Crippen LogP contribution in [0.5, 0.6) is 5.75 Å². The number of morpholine rings is 1. The van der Waals surface area contributed by atoms with Crippen LogP contribution in [-0.2, 0) is 11.3 Å². The Morgan fingerprint density at radius 3 is 2.38 bits per heavy atom. The minimum absolute atomic E-state index is 0. The molecule has 1 aliphatic heterocycles. The van der Waals surface area contributed by atoms with Crippen LogP contribution in [0.3, 0.4) is 0 Å². The molecule has 2 aromatic carbocycles. The van der Waals surface area contributed by atoms with Gasteiger partial charge in [0.2, 0.25) is 0 Å². The van der Waals surface area contributed by atoms with Gasteiger partial charge in [-0.2, -0.15) is 0 Å². The normalized spacial score (nSPS) is 15.9. The highest BCUT2D eigenvalue weighted by atomic mass is 127. The van der Waals surface area contributed by atoms with Crippen LogP contribution < -0.4 is 15.4 Å². The van der Waals surface area contributed by atoms with Gasteiger partial charge in [-0.05, 0) is 23.3 Å². The van der Waals surface area contributed by atoms with E-state index in [1.54, 1.807) is 14.2 Å². The maximum absolute atomic E-state index is 5.53. The summed E-state index contributed by atoms with van der Waals surface area (Å²) in [5, 5.41) is 6.88. The number of nitrogens with zero attached hydrogens (tertiary/aromatic N) is 2. The third-order valence-corrected chi connectivity index (χ3v) is 4.98. The van der Waals surface area contributed by atoms with E-state index in [-0.39, 0.29) is 30.0 Å². The Kier molecular flexibility index (Phi) is 10.2. The second-order valence-electron chi connectivity index (χ2n) is 6.73. The first-order valence-corrected chi connectivity index (χ1v) is 9.74. The van der Waals surface area contributed by atoms with E-state index in [4.69, 9.17) is 9.47 Å². The molecule has 0 aromatic heterocycles. The number of rotatable bonds is 7. The largest absolute Gasteiger partial charge is 0.497 e. The van der Waals surface area contributed by atoms with E-state index in [1.165, 1.54) is 11.1 Å². The highest BCUT2D eigenvalue weighted by Gasteiger charge is 2.22. The van der Waals surface area contributed by atoms with Crippen LogP contribution in [0.1, 0.15) is 17.2 Å². The van der Waals surface area contributed by atoms with Crippen LogP contribution >= 0.6 is 24.0 Å². The lowest BCUT2D eigenvalue weighted by Gasteiger charge is -2.35. The molecule has 1 heterocycles. The quantitative estimate of drug-likeness (QED) is 0.341. The molecule has 0 spiro atoms. The average Bonchev–Trinajstić information content (AvgIpc) is 2.78. The van der Waals surface area contributed by atoms with Crippen molar-refractivity contribution in [1.29, 1.82) is 0 Å². The fourth-order valence-corrected chi connectivity index (χ4v) is 3.37. The van der Waals surface area contributed by atoms with E-state index in [0.29, 0.717) is 6.54 Å². The Morgan fingerprint density at radius 2 is 1.76 bits per heavy atom. The Balaban J connectivity index is 0.00000300. The lowest BCUT2D eigenvalue weighted by Crippen LogP contribution is -2.46. The Hall–Kier alpha value is -1.84.